The van der Waals surface area contributed by atoms with E-state index in [0.717, 1.165) is 11.1 Å². The molecule has 3 aliphatic rings. The van der Waals surface area contributed by atoms with Crippen molar-refractivity contribution in [2.75, 3.05) is 18.4 Å². The van der Waals surface area contributed by atoms with E-state index in [1.54, 1.807) is 36.4 Å². The molecule has 3 aliphatic heterocycles. The fraction of sp³-hybridized carbons (Fsp3) is 0.308. The van der Waals surface area contributed by atoms with Gasteiger partial charge in [0.05, 0.1) is 23.5 Å². The SMILES string of the molecule is C.CC1(C)O/C(=C2/C(=O)Nc3cc(F)ccc32)C=C1c1ccc(C(=O)N2C[C@H](O)[C@@H](O)C2)cc1. The highest BCUT2D eigenvalue weighted by atomic mass is 19.1. The van der Waals surface area contributed by atoms with Crippen molar-refractivity contribution in [2.45, 2.75) is 39.1 Å². The van der Waals surface area contributed by atoms with E-state index >= 15 is 0 Å². The quantitative estimate of drug-likeness (QED) is 0.591. The maximum atomic E-state index is 13.6. The first-order chi connectivity index (χ1) is 15.6. The third kappa shape index (κ3) is 3.89. The van der Waals surface area contributed by atoms with E-state index in [9.17, 15) is 24.2 Å². The Morgan fingerprint density at radius 2 is 1.76 bits per heavy atom. The van der Waals surface area contributed by atoms with Crippen LogP contribution in [0.4, 0.5) is 10.1 Å². The number of hydrogen-bond donors (Lipinski definition) is 3. The Labute approximate surface area is 197 Å². The van der Waals surface area contributed by atoms with Gasteiger partial charge in [-0.15, -0.1) is 0 Å². The molecular formula is C26H27FN2O5. The predicted octanol–water partition coefficient (Wildman–Crippen LogP) is 3.20. The van der Waals surface area contributed by atoms with Gasteiger partial charge in [-0.2, -0.15) is 0 Å². The monoisotopic (exact) mass is 466 g/mol. The van der Waals surface area contributed by atoms with Gasteiger partial charge in [0.25, 0.3) is 11.8 Å². The summed E-state index contributed by atoms with van der Waals surface area (Å²) in [6.07, 6.45) is -0.0661. The number of anilines is 1. The molecule has 0 aromatic heterocycles. The molecular weight excluding hydrogens is 439 g/mol. The summed E-state index contributed by atoms with van der Waals surface area (Å²) in [6, 6.07) is 11.1. The van der Waals surface area contributed by atoms with Crippen LogP contribution in [0.5, 0.6) is 0 Å². The van der Waals surface area contributed by atoms with Crippen LogP contribution >= 0.6 is 0 Å². The fourth-order valence-electron chi connectivity index (χ4n) is 4.52. The smallest absolute Gasteiger partial charge is 0.260 e. The standard InChI is InChI=1S/C25H23FN2O5.CH4/c1-25(2)17(10-21(33-25)22-16-8-7-15(26)9-18(16)27-23(22)31)13-3-5-14(6-4-13)24(32)28-11-19(29)20(30)12-28;/h3-10,19-20,29-30H,11-12H2,1-2H3,(H,27,31);1H4/b22-21+;/t19-,20-;/m0./s1. The molecule has 2 aromatic rings. The van der Waals surface area contributed by atoms with E-state index in [-0.39, 0.29) is 32.3 Å². The van der Waals surface area contributed by atoms with Gasteiger partial charge in [-0.25, -0.2) is 4.39 Å². The van der Waals surface area contributed by atoms with E-state index in [1.165, 1.54) is 17.0 Å². The highest BCUT2D eigenvalue weighted by Gasteiger charge is 2.38. The van der Waals surface area contributed by atoms with Crippen molar-refractivity contribution >= 4 is 28.6 Å². The van der Waals surface area contributed by atoms with Crippen LogP contribution in [0, 0.1) is 5.82 Å². The number of aliphatic hydroxyl groups excluding tert-OH is 2. The first-order valence-corrected chi connectivity index (χ1v) is 10.7. The maximum Gasteiger partial charge on any atom is 0.260 e. The average Bonchev–Trinajstić information content (AvgIpc) is 3.38. The number of ether oxygens (including phenoxy) is 1. The Kier molecular flexibility index (Phi) is 5.83. The Hall–Kier alpha value is -3.49. The number of likely N-dealkylation sites (tertiary alicyclic amines) is 1. The van der Waals surface area contributed by atoms with Crippen LogP contribution in [0.3, 0.4) is 0 Å². The van der Waals surface area contributed by atoms with Gasteiger partial charge < -0.3 is 25.2 Å². The average molecular weight is 467 g/mol. The summed E-state index contributed by atoms with van der Waals surface area (Å²) in [7, 11) is 0. The predicted molar refractivity (Wildman–Crippen MR) is 126 cm³/mol. The molecule has 0 spiro atoms. The lowest BCUT2D eigenvalue weighted by Crippen LogP contribution is -2.29. The van der Waals surface area contributed by atoms with Gasteiger partial charge in [0.1, 0.15) is 17.2 Å². The molecule has 34 heavy (non-hydrogen) atoms. The second kappa shape index (κ2) is 8.38. The summed E-state index contributed by atoms with van der Waals surface area (Å²) < 4.78 is 19.7. The van der Waals surface area contributed by atoms with Gasteiger partial charge in [-0.1, -0.05) is 19.6 Å². The number of rotatable bonds is 2. The lowest BCUT2D eigenvalue weighted by Gasteiger charge is -2.23. The van der Waals surface area contributed by atoms with E-state index in [1.807, 2.05) is 13.8 Å². The maximum absolute atomic E-state index is 13.6. The number of nitrogens with one attached hydrogen (secondary N) is 1. The van der Waals surface area contributed by atoms with Gasteiger partial charge in [0.15, 0.2) is 0 Å². The molecule has 178 valence electrons. The Bertz CT molecular complexity index is 1220. The van der Waals surface area contributed by atoms with Crippen LogP contribution in [-0.2, 0) is 9.53 Å². The molecule has 7 nitrogen and oxygen atoms in total. The highest BCUT2D eigenvalue weighted by Crippen LogP contribution is 2.44. The molecule has 0 radical (unpaired) electrons. The molecule has 8 heteroatoms. The largest absolute Gasteiger partial charge is 0.482 e. The molecule has 0 aliphatic carbocycles. The lowest BCUT2D eigenvalue weighted by atomic mass is 9.91. The third-order valence-corrected chi connectivity index (χ3v) is 6.25. The van der Waals surface area contributed by atoms with Gasteiger partial charge in [0.2, 0.25) is 0 Å². The zero-order valence-corrected chi connectivity index (χ0v) is 18.1. The lowest BCUT2D eigenvalue weighted by molar-refractivity contribution is -0.111. The number of β-amino-alcohol motifs (C(OH)–C–C–N with tert-alkyl or cyclic N) is 2. The molecule has 0 bridgehead atoms. The zero-order chi connectivity index (χ0) is 23.5. The molecule has 1 saturated heterocycles. The number of amides is 2. The van der Waals surface area contributed by atoms with Crippen molar-refractivity contribution in [1.82, 2.24) is 4.90 Å². The molecule has 3 N–H and O–H groups in total. The summed E-state index contributed by atoms with van der Waals surface area (Å²) in [5.41, 5.74) is 2.71. The Morgan fingerprint density at radius 3 is 2.41 bits per heavy atom. The van der Waals surface area contributed by atoms with Crippen LogP contribution in [0.2, 0.25) is 0 Å². The number of carbonyl (C=O) groups excluding carboxylic acids is 2. The van der Waals surface area contributed by atoms with Gasteiger partial charge in [0, 0.05) is 29.8 Å². The Morgan fingerprint density at radius 1 is 1.12 bits per heavy atom. The summed E-state index contributed by atoms with van der Waals surface area (Å²) in [6.45, 7) is 3.96. The summed E-state index contributed by atoms with van der Waals surface area (Å²) in [5.74, 6) is -0.646. The van der Waals surface area contributed by atoms with Crippen molar-refractivity contribution in [3.05, 3.63) is 76.8 Å². The Balaban J connectivity index is 0.00000274. The van der Waals surface area contributed by atoms with Crippen molar-refractivity contribution in [3.63, 3.8) is 0 Å². The second-order valence-corrected chi connectivity index (χ2v) is 8.98. The molecule has 5 rings (SSSR count). The number of hydrogen-bond acceptors (Lipinski definition) is 5. The first kappa shape index (κ1) is 23.7. The van der Waals surface area contributed by atoms with Crippen LogP contribution in [-0.4, -0.2) is 57.8 Å². The number of allylic oxidation sites excluding steroid dienone is 1. The molecule has 2 atom stereocenters. The van der Waals surface area contributed by atoms with Crippen molar-refractivity contribution < 1.29 is 28.9 Å². The minimum absolute atomic E-state index is 0. The van der Waals surface area contributed by atoms with Gasteiger partial charge in [-0.05, 0) is 55.8 Å². The second-order valence-electron chi connectivity index (χ2n) is 8.98. The summed E-state index contributed by atoms with van der Waals surface area (Å²) in [5, 5.41) is 22.1. The number of halogens is 1. The van der Waals surface area contributed by atoms with Crippen LogP contribution in [0.1, 0.15) is 42.8 Å². The fourth-order valence-corrected chi connectivity index (χ4v) is 4.52. The topological polar surface area (TPSA) is 99.1 Å². The number of benzene rings is 2. The number of fused-ring (bicyclic) bond motifs is 1. The van der Waals surface area contributed by atoms with E-state index in [4.69, 9.17) is 4.74 Å². The number of nitrogens with zero attached hydrogens (tertiary/aromatic N) is 1. The van der Waals surface area contributed by atoms with E-state index in [0.29, 0.717) is 28.1 Å². The van der Waals surface area contributed by atoms with Gasteiger partial charge >= 0.3 is 0 Å². The summed E-state index contributed by atoms with van der Waals surface area (Å²) >= 11 is 0. The van der Waals surface area contributed by atoms with E-state index in [2.05, 4.69) is 5.32 Å². The molecule has 2 aromatic carbocycles. The van der Waals surface area contributed by atoms with Crippen molar-refractivity contribution in [2.24, 2.45) is 0 Å². The zero-order valence-electron chi connectivity index (χ0n) is 18.1. The number of aliphatic hydroxyl groups is 2. The van der Waals surface area contributed by atoms with Crippen molar-refractivity contribution in [1.29, 1.82) is 0 Å². The molecule has 0 saturated carbocycles. The normalized spacial score (nSPS) is 24.8. The first-order valence-electron chi connectivity index (χ1n) is 10.7. The minimum Gasteiger partial charge on any atom is -0.482 e. The van der Waals surface area contributed by atoms with Crippen LogP contribution in [0.25, 0.3) is 11.1 Å². The molecule has 3 heterocycles. The van der Waals surface area contributed by atoms with Crippen LogP contribution < -0.4 is 5.32 Å². The molecule has 0 unspecified atom stereocenters. The third-order valence-electron chi connectivity index (χ3n) is 6.25. The summed E-state index contributed by atoms with van der Waals surface area (Å²) in [4.78, 5) is 26.7. The molecule has 1 fully saturated rings. The van der Waals surface area contributed by atoms with Crippen molar-refractivity contribution in [3.8, 4) is 0 Å². The van der Waals surface area contributed by atoms with E-state index < -0.39 is 23.6 Å². The van der Waals surface area contributed by atoms with Crippen LogP contribution in [0.15, 0.2) is 54.3 Å². The number of carbonyl (C=O) groups is 2. The van der Waals surface area contributed by atoms with Gasteiger partial charge in [-0.3, -0.25) is 9.59 Å². The molecule has 2 amide bonds. The highest BCUT2D eigenvalue weighted by molar-refractivity contribution is 6.32. The minimum atomic E-state index is -0.935.